The second-order valence-corrected chi connectivity index (χ2v) is 5.83. The number of rotatable bonds is 4. The van der Waals surface area contributed by atoms with Crippen molar-refractivity contribution in [3.63, 3.8) is 0 Å². The summed E-state index contributed by atoms with van der Waals surface area (Å²) in [5, 5.41) is 5.13. The molecule has 2 nitrogen and oxygen atoms in total. The predicted molar refractivity (Wildman–Crippen MR) is 79.2 cm³/mol. The molecule has 0 saturated carbocycles. The van der Waals surface area contributed by atoms with Crippen LogP contribution < -0.4 is 11.1 Å². The van der Waals surface area contributed by atoms with Crippen LogP contribution in [0.2, 0.25) is 0 Å². The fourth-order valence-electron chi connectivity index (χ4n) is 2.26. The Morgan fingerprint density at radius 1 is 1.14 bits per heavy atom. The summed E-state index contributed by atoms with van der Waals surface area (Å²) in [6, 6.07) is 6.51. The standard InChI is InChI=1S/C15H17F3N2S/c1-9-7-8-21-14(9)13(20-2)12(19)10-3-5-11(6-4-10)15(16,17)18/h3-8,12-13,20H,19H2,1-2H3. The maximum atomic E-state index is 12.6. The minimum absolute atomic E-state index is 0.123. The van der Waals surface area contributed by atoms with Crippen molar-refractivity contribution < 1.29 is 13.2 Å². The lowest BCUT2D eigenvalue weighted by molar-refractivity contribution is -0.137. The molecule has 0 fully saturated rings. The minimum atomic E-state index is -4.32. The van der Waals surface area contributed by atoms with E-state index in [1.165, 1.54) is 12.1 Å². The van der Waals surface area contributed by atoms with Crippen LogP contribution in [0, 0.1) is 6.92 Å². The third-order valence-corrected chi connectivity index (χ3v) is 4.58. The largest absolute Gasteiger partial charge is 0.416 e. The minimum Gasteiger partial charge on any atom is -0.322 e. The first-order chi connectivity index (χ1) is 9.84. The summed E-state index contributed by atoms with van der Waals surface area (Å²) >= 11 is 1.59. The molecule has 2 aromatic rings. The number of nitrogens with two attached hydrogens (primary N) is 1. The number of benzene rings is 1. The van der Waals surface area contributed by atoms with Crippen molar-refractivity contribution in [3.05, 3.63) is 57.3 Å². The van der Waals surface area contributed by atoms with Gasteiger partial charge in [-0.05, 0) is 48.7 Å². The smallest absolute Gasteiger partial charge is 0.322 e. The SMILES string of the molecule is CNC(c1sccc1C)C(N)c1ccc(C(F)(F)F)cc1. The normalized spacial score (nSPS) is 15.0. The van der Waals surface area contributed by atoms with Gasteiger partial charge in [-0.25, -0.2) is 0 Å². The van der Waals surface area contributed by atoms with Crippen LogP contribution in [0.1, 0.15) is 33.7 Å². The van der Waals surface area contributed by atoms with Gasteiger partial charge in [0.25, 0.3) is 0 Å². The molecule has 0 saturated heterocycles. The Balaban J connectivity index is 2.26. The highest BCUT2D eigenvalue weighted by atomic mass is 32.1. The first-order valence-electron chi connectivity index (χ1n) is 6.48. The summed E-state index contributed by atoms with van der Waals surface area (Å²) in [6.45, 7) is 2.00. The molecule has 114 valence electrons. The van der Waals surface area contributed by atoms with E-state index >= 15 is 0 Å². The van der Waals surface area contributed by atoms with Crippen LogP contribution in [0.3, 0.4) is 0 Å². The monoisotopic (exact) mass is 314 g/mol. The average molecular weight is 314 g/mol. The maximum absolute atomic E-state index is 12.6. The summed E-state index contributed by atoms with van der Waals surface area (Å²) in [4.78, 5) is 1.10. The zero-order valence-corrected chi connectivity index (χ0v) is 12.6. The molecule has 21 heavy (non-hydrogen) atoms. The number of likely N-dealkylation sites (N-methyl/N-ethyl adjacent to an activating group) is 1. The molecule has 0 aliphatic carbocycles. The van der Waals surface area contributed by atoms with Crippen LogP contribution in [0.4, 0.5) is 13.2 Å². The van der Waals surface area contributed by atoms with Gasteiger partial charge >= 0.3 is 6.18 Å². The Kier molecular flexibility index (Phi) is 4.70. The summed E-state index contributed by atoms with van der Waals surface area (Å²) < 4.78 is 37.7. The second kappa shape index (κ2) is 6.17. The fraction of sp³-hybridized carbons (Fsp3) is 0.333. The van der Waals surface area contributed by atoms with E-state index in [0.717, 1.165) is 22.6 Å². The van der Waals surface area contributed by atoms with E-state index in [-0.39, 0.29) is 6.04 Å². The Labute approximate surface area is 125 Å². The average Bonchev–Trinajstić information content (AvgIpc) is 2.85. The number of halogens is 3. The van der Waals surface area contributed by atoms with Crippen LogP contribution in [-0.2, 0) is 6.18 Å². The molecule has 0 aliphatic rings. The molecule has 3 N–H and O–H groups in total. The Bertz CT molecular complexity index is 590. The predicted octanol–water partition coefficient (Wildman–Crippen LogP) is 4.04. The Hall–Kier alpha value is -1.37. The van der Waals surface area contributed by atoms with E-state index in [0.29, 0.717) is 5.56 Å². The molecule has 0 radical (unpaired) electrons. The van der Waals surface area contributed by atoms with Gasteiger partial charge < -0.3 is 11.1 Å². The van der Waals surface area contributed by atoms with Crippen LogP contribution in [-0.4, -0.2) is 7.05 Å². The number of aryl methyl sites for hydroxylation is 1. The van der Waals surface area contributed by atoms with Crippen LogP contribution in [0.25, 0.3) is 0 Å². The number of thiophene rings is 1. The molecule has 0 spiro atoms. The molecular formula is C15H17F3N2S. The zero-order valence-electron chi connectivity index (χ0n) is 11.7. The van der Waals surface area contributed by atoms with E-state index in [1.807, 2.05) is 18.4 Å². The first kappa shape index (κ1) is 16.0. The van der Waals surface area contributed by atoms with Gasteiger partial charge in [0.15, 0.2) is 0 Å². The summed E-state index contributed by atoms with van der Waals surface area (Å²) in [5.41, 5.74) is 7.37. The quantitative estimate of drug-likeness (QED) is 0.894. The van der Waals surface area contributed by atoms with E-state index in [4.69, 9.17) is 5.73 Å². The van der Waals surface area contributed by atoms with Crippen molar-refractivity contribution in [2.45, 2.75) is 25.2 Å². The molecule has 2 unspecified atom stereocenters. The van der Waals surface area contributed by atoms with Gasteiger partial charge in [-0.3, -0.25) is 0 Å². The van der Waals surface area contributed by atoms with E-state index < -0.39 is 17.8 Å². The van der Waals surface area contributed by atoms with Gasteiger partial charge in [0.2, 0.25) is 0 Å². The van der Waals surface area contributed by atoms with Crippen molar-refractivity contribution in [2.24, 2.45) is 5.73 Å². The molecular weight excluding hydrogens is 297 g/mol. The van der Waals surface area contributed by atoms with Crippen LogP contribution >= 0.6 is 11.3 Å². The highest BCUT2D eigenvalue weighted by Crippen LogP contribution is 2.34. The summed E-state index contributed by atoms with van der Waals surface area (Å²) in [5.74, 6) is 0. The molecule has 1 heterocycles. The van der Waals surface area contributed by atoms with Crippen molar-refractivity contribution in [1.82, 2.24) is 5.32 Å². The summed E-state index contributed by atoms with van der Waals surface area (Å²) in [6.07, 6.45) is -4.32. The topological polar surface area (TPSA) is 38.0 Å². The molecule has 0 bridgehead atoms. The van der Waals surface area contributed by atoms with Crippen molar-refractivity contribution >= 4 is 11.3 Å². The molecule has 6 heteroatoms. The highest BCUT2D eigenvalue weighted by molar-refractivity contribution is 7.10. The number of nitrogens with one attached hydrogen (secondary N) is 1. The molecule has 0 aliphatic heterocycles. The zero-order chi connectivity index (χ0) is 15.6. The van der Waals surface area contributed by atoms with E-state index in [1.54, 1.807) is 18.4 Å². The van der Waals surface area contributed by atoms with E-state index in [2.05, 4.69) is 5.32 Å². The summed E-state index contributed by atoms with van der Waals surface area (Å²) in [7, 11) is 1.80. The van der Waals surface area contributed by atoms with Gasteiger partial charge in [-0.1, -0.05) is 12.1 Å². The lowest BCUT2D eigenvalue weighted by Gasteiger charge is -2.24. The third-order valence-electron chi connectivity index (χ3n) is 3.48. The number of alkyl halides is 3. The molecule has 0 amide bonds. The first-order valence-corrected chi connectivity index (χ1v) is 7.36. The lowest BCUT2D eigenvalue weighted by atomic mass is 9.96. The van der Waals surface area contributed by atoms with Crippen LogP contribution in [0.15, 0.2) is 35.7 Å². The molecule has 2 rings (SSSR count). The highest BCUT2D eigenvalue weighted by Gasteiger charge is 2.30. The molecule has 1 aromatic carbocycles. The van der Waals surface area contributed by atoms with Gasteiger partial charge in [0.05, 0.1) is 17.6 Å². The Morgan fingerprint density at radius 2 is 1.76 bits per heavy atom. The van der Waals surface area contributed by atoms with Crippen molar-refractivity contribution in [3.8, 4) is 0 Å². The van der Waals surface area contributed by atoms with Gasteiger partial charge in [-0.2, -0.15) is 13.2 Å². The van der Waals surface area contributed by atoms with Crippen LogP contribution in [0.5, 0.6) is 0 Å². The fourth-order valence-corrected chi connectivity index (χ4v) is 3.35. The van der Waals surface area contributed by atoms with Gasteiger partial charge in [0, 0.05) is 4.88 Å². The van der Waals surface area contributed by atoms with Gasteiger partial charge in [0.1, 0.15) is 0 Å². The third kappa shape index (κ3) is 3.45. The molecule has 2 atom stereocenters. The maximum Gasteiger partial charge on any atom is 0.416 e. The van der Waals surface area contributed by atoms with Crippen molar-refractivity contribution in [2.75, 3.05) is 7.05 Å². The van der Waals surface area contributed by atoms with Gasteiger partial charge in [-0.15, -0.1) is 11.3 Å². The molecule has 1 aromatic heterocycles. The number of hydrogen-bond acceptors (Lipinski definition) is 3. The lowest BCUT2D eigenvalue weighted by Crippen LogP contribution is -2.29. The van der Waals surface area contributed by atoms with Crippen molar-refractivity contribution in [1.29, 1.82) is 0 Å². The Morgan fingerprint density at radius 3 is 2.19 bits per heavy atom. The second-order valence-electron chi connectivity index (χ2n) is 4.88. The number of hydrogen-bond donors (Lipinski definition) is 2. The van der Waals surface area contributed by atoms with E-state index in [9.17, 15) is 13.2 Å².